The number of piperidine rings is 1. The lowest BCUT2D eigenvalue weighted by Gasteiger charge is -2.42. The lowest BCUT2D eigenvalue weighted by atomic mass is 9.77. The SMILES string of the molecule is CC(C)c1nnsc1CN1CCC2(CCCN(CC3CCC3)C2=O)C1. The fraction of sp³-hybridized carbons (Fsp3) is 0.842. The van der Waals surface area contributed by atoms with Crippen LogP contribution in [0.3, 0.4) is 0 Å². The molecule has 3 fully saturated rings. The maximum absolute atomic E-state index is 13.2. The molecule has 25 heavy (non-hydrogen) atoms. The van der Waals surface area contributed by atoms with Crippen molar-refractivity contribution in [1.82, 2.24) is 19.4 Å². The maximum Gasteiger partial charge on any atom is 0.230 e. The molecule has 0 aromatic carbocycles. The first-order valence-corrected chi connectivity index (χ1v) is 10.7. The molecule has 4 rings (SSSR count). The van der Waals surface area contributed by atoms with Gasteiger partial charge in [0.05, 0.1) is 16.0 Å². The first-order chi connectivity index (χ1) is 12.1. The highest BCUT2D eigenvalue weighted by atomic mass is 32.1. The van der Waals surface area contributed by atoms with Crippen molar-refractivity contribution in [2.75, 3.05) is 26.2 Å². The minimum absolute atomic E-state index is 0.113. The molecule has 1 atom stereocenters. The smallest absolute Gasteiger partial charge is 0.230 e. The zero-order valence-electron chi connectivity index (χ0n) is 15.5. The molecule has 1 spiro atoms. The average Bonchev–Trinajstić information content (AvgIpc) is 3.16. The summed E-state index contributed by atoms with van der Waals surface area (Å²) in [4.78, 5) is 19.2. The van der Waals surface area contributed by atoms with Crippen LogP contribution in [0.15, 0.2) is 0 Å². The van der Waals surface area contributed by atoms with Gasteiger partial charge in [-0.2, -0.15) is 0 Å². The highest BCUT2D eigenvalue weighted by molar-refractivity contribution is 7.05. The van der Waals surface area contributed by atoms with Crippen molar-refractivity contribution in [3.05, 3.63) is 10.6 Å². The van der Waals surface area contributed by atoms with Crippen molar-refractivity contribution >= 4 is 17.4 Å². The van der Waals surface area contributed by atoms with Gasteiger partial charge in [-0.1, -0.05) is 24.8 Å². The number of amides is 1. The van der Waals surface area contributed by atoms with Crippen LogP contribution < -0.4 is 0 Å². The second-order valence-electron chi connectivity index (χ2n) is 8.63. The number of nitrogens with zero attached hydrogens (tertiary/aromatic N) is 4. The van der Waals surface area contributed by atoms with Crippen molar-refractivity contribution < 1.29 is 4.79 Å². The van der Waals surface area contributed by atoms with Crippen LogP contribution in [0.2, 0.25) is 0 Å². The van der Waals surface area contributed by atoms with Gasteiger partial charge in [0, 0.05) is 26.2 Å². The molecule has 0 N–H and O–H groups in total. The lowest BCUT2D eigenvalue weighted by molar-refractivity contribution is -0.146. The summed E-state index contributed by atoms with van der Waals surface area (Å²) in [6.07, 6.45) is 7.26. The summed E-state index contributed by atoms with van der Waals surface area (Å²) in [5.41, 5.74) is 1.02. The topological polar surface area (TPSA) is 49.3 Å². The van der Waals surface area contributed by atoms with E-state index >= 15 is 0 Å². The van der Waals surface area contributed by atoms with Gasteiger partial charge >= 0.3 is 0 Å². The molecule has 1 aromatic heterocycles. The van der Waals surface area contributed by atoms with E-state index in [1.807, 2.05) is 0 Å². The fourth-order valence-electron chi connectivity index (χ4n) is 4.75. The molecule has 2 saturated heterocycles. The van der Waals surface area contributed by atoms with Gasteiger partial charge in [-0.3, -0.25) is 9.69 Å². The second kappa shape index (κ2) is 6.95. The Bertz CT molecular complexity index is 627. The van der Waals surface area contributed by atoms with Crippen molar-refractivity contribution in [3.8, 4) is 0 Å². The molecule has 3 heterocycles. The quantitative estimate of drug-likeness (QED) is 0.807. The van der Waals surface area contributed by atoms with E-state index in [0.29, 0.717) is 11.8 Å². The average molecular weight is 363 g/mol. The Labute approximate surface area is 154 Å². The highest BCUT2D eigenvalue weighted by Crippen LogP contribution is 2.42. The standard InChI is InChI=1S/C19H30N4OS/c1-14(2)17-16(25-21-20-17)12-22-10-8-19(13-22)7-4-9-23(18(19)24)11-15-5-3-6-15/h14-15H,3-13H2,1-2H3. The molecule has 2 aliphatic heterocycles. The van der Waals surface area contributed by atoms with Gasteiger partial charge in [0.2, 0.25) is 5.91 Å². The number of hydrogen-bond acceptors (Lipinski definition) is 5. The van der Waals surface area contributed by atoms with E-state index in [9.17, 15) is 4.79 Å². The van der Waals surface area contributed by atoms with Crippen LogP contribution in [0.4, 0.5) is 0 Å². The van der Waals surface area contributed by atoms with Gasteiger partial charge in [-0.25, -0.2) is 0 Å². The molecule has 1 aliphatic carbocycles. The number of aromatic nitrogens is 2. The number of likely N-dealkylation sites (tertiary alicyclic amines) is 2. The Kier molecular flexibility index (Phi) is 4.84. The molecule has 1 unspecified atom stereocenters. The molecule has 1 amide bonds. The Morgan fingerprint density at radius 2 is 2.08 bits per heavy atom. The third-order valence-electron chi connectivity index (χ3n) is 6.46. The fourth-order valence-corrected chi connectivity index (χ4v) is 5.59. The van der Waals surface area contributed by atoms with Crippen molar-refractivity contribution in [3.63, 3.8) is 0 Å². The number of carbonyl (C=O) groups is 1. The van der Waals surface area contributed by atoms with Crippen molar-refractivity contribution in [2.45, 2.75) is 64.8 Å². The van der Waals surface area contributed by atoms with E-state index in [-0.39, 0.29) is 5.41 Å². The van der Waals surface area contributed by atoms with Crippen LogP contribution in [0.5, 0.6) is 0 Å². The molecular weight excluding hydrogens is 332 g/mol. The first kappa shape index (κ1) is 17.4. The van der Waals surface area contributed by atoms with Gasteiger partial charge in [0.1, 0.15) is 0 Å². The van der Waals surface area contributed by atoms with E-state index in [1.165, 1.54) is 42.1 Å². The maximum atomic E-state index is 13.2. The lowest BCUT2D eigenvalue weighted by Crippen LogP contribution is -2.51. The largest absolute Gasteiger partial charge is 0.342 e. The van der Waals surface area contributed by atoms with Crippen LogP contribution >= 0.6 is 11.5 Å². The number of rotatable bonds is 5. The zero-order chi connectivity index (χ0) is 17.4. The Balaban J connectivity index is 1.41. The normalized spacial score (nSPS) is 28.3. The number of carbonyl (C=O) groups excluding carboxylic acids is 1. The summed E-state index contributed by atoms with van der Waals surface area (Å²) in [6, 6.07) is 0. The van der Waals surface area contributed by atoms with Gasteiger partial charge in [0.15, 0.2) is 0 Å². The summed E-state index contributed by atoms with van der Waals surface area (Å²) in [5, 5.41) is 4.30. The van der Waals surface area contributed by atoms with Gasteiger partial charge in [-0.05, 0) is 62.0 Å². The van der Waals surface area contributed by atoms with Crippen LogP contribution in [0.1, 0.15) is 68.9 Å². The molecule has 1 saturated carbocycles. The third kappa shape index (κ3) is 3.35. The van der Waals surface area contributed by atoms with Gasteiger partial charge in [-0.15, -0.1) is 5.10 Å². The van der Waals surface area contributed by atoms with E-state index in [1.54, 1.807) is 0 Å². The van der Waals surface area contributed by atoms with Crippen LogP contribution in [0.25, 0.3) is 0 Å². The molecular formula is C19H30N4OS. The Hall–Kier alpha value is -1.01. The van der Waals surface area contributed by atoms with E-state index in [4.69, 9.17) is 0 Å². The van der Waals surface area contributed by atoms with Crippen LogP contribution in [-0.2, 0) is 11.3 Å². The minimum atomic E-state index is -0.113. The van der Waals surface area contributed by atoms with E-state index in [2.05, 4.69) is 33.2 Å². The second-order valence-corrected chi connectivity index (χ2v) is 9.47. The predicted molar refractivity (Wildman–Crippen MR) is 99.5 cm³/mol. The molecule has 1 aromatic rings. The molecule has 3 aliphatic rings. The summed E-state index contributed by atoms with van der Waals surface area (Å²) in [7, 11) is 0. The minimum Gasteiger partial charge on any atom is -0.342 e. The summed E-state index contributed by atoms with van der Waals surface area (Å²) < 4.78 is 4.15. The molecule has 138 valence electrons. The van der Waals surface area contributed by atoms with E-state index < -0.39 is 0 Å². The van der Waals surface area contributed by atoms with Crippen LogP contribution in [-0.4, -0.2) is 51.5 Å². The predicted octanol–water partition coefficient (Wildman–Crippen LogP) is 3.28. The van der Waals surface area contributed by atoms with Gasteiger partial charge in [0.25, 0.3) is 0 Å². The van der Waals surface area contributed by atoms with Crippen molar-refractivity contribution in [1.29, 1.82) is 0 Å². The van der Waals surface area contributed by atoms with Gasteiger partial charge < -0.3 is 4.90 Å². The first-order valence-electron chi connectivity index (χ1n) is 9.90. The zero-order valence-corrected chi connectivity index (χ0v) is 16.4. The van der Waals surface area contributed by atoms with Crippen LogP contribution in [0, 0.1) is 11.3 Å². The number of hydrogen-bond donors (Lipinski definition) is 0. The summed E-state index contributed by atoms with van der Waals surface area (Å²) >= 11 is 1.52. The summed E-state index contributed by atoms with van der Waals surface area (Å²) in [6.45, 7) is 9.19. The molecule has 0 bridgehead atoms. The molecule has 6 heteroatoms. The highest BCUT2D eigenvalue weighted by Gasteiger charge is 2.48. The molecule has 0 radical (unpaired) electrons. The summed E-state index contributed by atoms with van der Waals surface area (Å²) in [5.74, 6) is 1.63. The Morgan fingerprint density at radius 3 is 2.80 bits per heavy atom. The van der Waals surface area contributed by atoms with Crippen molar-refractivity contribution in [2.24, 2.45) is 11.3 Å². The van der Waals surface area contributed by atoms with E-state index in [0.717, 1.165) is 57.2 Å². The molecule has 5 nitrogen and oxygen atoms in total. The Morgan fingerprint density at radius 1 is 1.24 bits per heavy atom. The monoisotopic (exact) mass is 362 g/mol. The third-order valence-corrected chi connectivity index (χ3v) is 7.18.